The lowest BCUT2D eigenvalue weighted by atomic mass is 10.1. The predicted octanol–water partition coefficient (Wildman–Crippen LogP) is 6.57. The Morgan fingerprint density at radius 3 is 2.46 bits per heavy atom. The van der Waals surface area contributed by atoms with Crippen LogP contribution in [0.2, 0.25) is 10.0 Å². The Bertz CT molecular complexity index is 1400. The molecule has 0 aliphatic rings. The zero-order chi connectivity index (χ0) is 26.9. The first-order valence-corrected chi connectivity index (χ1v) is 12.1. The molecule has 0 saturated carbocycles. The molecule has 0 heterocycles. The van der Waals surface area contributed by atoms with Gasteiger partial charge in [-0.2, -0.15) is 5.26 Å². The van der Waals surface area contributed by atoms with E-state index in [2.05, 4.69) is 10.6 Å². The van der Waals surface area contributed by atoms with Gasteiger partial charge in [-0.15, -0.1) is 0 Å². The second-order valence-electron chi connectivity index (χ2n) is 7.98. The van der Waals surface area contributed by atoms with Gasteiger partial charge in [0.15, 0.2) is 18.1 Å². The van der Waals surface area contributed by atoms with E-state index in [0.29, 0.717) is 45.1 Å². The lowest BCUT2D eigenvalue weighted by Crippen LogP contribution is -2.20. The van der Waals surface area contributed by atoms with E-state index < -0.39 is 11.8 Å². The number of benzene rings is 3. The summed E-state index contributed by atoms with van der Waals surface area (Å²) in [5, 5.41) is 15.8. The van der Waals surface area contributed by atoms with E-state index in [4.69, 9.17) is 32.7 Å². The fourth-order valence-electron chi connectivity index (χ4n) is 3.31. The zero-order valence-corrected chi connectivity index (χ0v) is 22.0. The minimum Gasteiger partial charge on any atom is -0.490 e. The standard InChI is InChI=1S/C28H25Cl2N3O4/c1-4-36-26-13-19(12-20(15-31)28(35)33-24-7-5-6-17(2)18(24)3)8-11-25(26)37-16-27(34)32-21-9-10-22(29)23(30)14-21/h5-14H,4,16H2,1-3H3,(H,32,34)(H,33,35)/b20-12-. The Morgan fingerprint density at radius 1 is 0.973 bits per heavy atom. The summed E-state index contributed by atoms with van der Waals surface area (Å²) in [5.41, 5.74) is 3.57. The first-order chi connectivity index (χ1) is 17.7. The maximum Gasteiger partial charge on any atom is 0.266 e. The van der Waals surface area contributed by atoms with Crippen LogP contribution in [0, 0.1) is 25.2 Å². The summed E-state index contributed by atoms with van der Waals surface area (Å²) in [6.45, 7) is 5.72. The highest BCUT2D eigenvalue weighted by molar-refractivity contribution is 6.42. The summed E-state index contributed by atoms with van der Waals surface area (Å²) in [6, 6.07) is 17.2. The van der Waals surface area contributed by atoms with Crippen LogP contribution in [0.3, 0.4) is 0 Å². The molecule has 2 amide bonds. The van der Waals surface area contributed by atoms with Crippen LogP contribution in [0.15, 0.2) is 60.2 Å². The lowest BCUT2D eigenvalue weighted by Gasteiger charge is -2.13. The normalized spacial score (nSPS) is 10.9. The molecule has 3 aromatic carbocycles. The minimum atomic E-state index is -0.520. The third-order valence-electron chi connectivity index (χ3n) is 5.36. The van der Waals surface area contributed by atoms with Gasteiger partial charge < -0.3 is 20.1 Å². The maximum absolute atomic E-state index is 12.7. The molecule has 0 bridgehead atoms. The van der Waals surface area contributed by atoms with E-state index in [1.165, 1.54) is 12.1 Å². The van der Waals surface area contributed by atoms with Gasteiger partial charge in [-0.25, -0.2) is 0 Å². The number of rotatable bonds is 9. The van der Waals surface area contributed by atoms with Crippen LogP contribution in [0.1, 0.15) is 23.6 Å². The number of carbonyl (C=O) groups is 2. The fourth-order valence-corrected chi connectivity index (χ4v) is 3.61. The van der Waals surface area contributed by atoms with Crippen LogP contribution in [0.4, 0.5) is 11.4 Å². The molecule has 0 aliphatic carbocycles. The van der Waals surface area contributed by atoms with E-state index in [-0.39, 0.29) is 12.2 Å². The van der Waals surface area contributed by atoms with Crippen molar-refractivity contribution in [1.82, 2.24) is 0 Å². The number of halogens is 2. The van der Waals surface area contributed by atoms with Gasteiger partial charge in [-0.3, -0.25) is 9.59 Å². The van der Waals surface area contributed by atoms with E-state index >= 15 is 0 Å². The number of amides is 2. The van der Waals surface area contributed by atoms with Crippen LogP contribution in [0.5, 0.6) is 11.5 Å². The second-order valence-corrected chi connectivity index (χ2v) is 8.79. The van der Waals surface area contributed by atoms with Gasteiger partial charge in [-0.1, -0.05) is 41.4 Å². The highest BCUT2D eigenvalue weighted by Gasteiger charge is 2.14. The molecule has 0 radical (unpaired) electrons. The quantitative estimate of drug-likeness (QED) is 0.237. The topological polar surface area (TPSA) is 100 Å². The average molecular weight is 538 g/mol. The summed E-state index contributed by atoms with van der Waals surface area (Å²) >= 11 is 11.9. The number of aryl methyl sites for hydroxylation is 1. The molecule has 3 rings (SSSR count). The molecule has 3 aromatic rings. The lowest BCUT2D eigenvalue weighted by molar-refractivity contribution is -0.118. The van der Waals surface area contributed by atoms with Crippen molar-refractivity contribution in [2.75, 3.05) is 23.8 Å². The van der Waals surface area contributed by atoms with Crippen LogP contribution < -0.4 is 20.1 Å². The Balaban J connectivity index is 1.72. The summed E-state index contributed by atoms with van der Waals surface area (Å²) in [4.78, 5) is 25.1. The summed E-state index contributed by atoms with van der Waals surface area (Å²) in [6.07, 6.45) is 1.46. The van der Waals surface area contributed by atoms with Crippen molar-refractivity contribution in [2.24, 2.45) is 0 Å². The average Bonchev–Trinajstić information content (AvgIpc) is 2.87. The van der Waals surface area contributed by atoms with Crippen molar-refractivity contribution >= 4 is 52.5 Å². The van der Waals surface area contributed by atoms with Gasteiger partial charge in [-0.05, 0) is 79.9 Å². The number of carbonyl (C=O) groups excluding carboxylic acids is 2. The largest absolute Gasteiger partial charge is 0.490 e. The van der Waals surface area contributed by atoms with E-state index in [1.807, 2.05) is 39.0 Å². The molecule has 37 heavy (non-hydrogen) atoms. The Labute approximate surface area is 225 Å². The monoisotopic (exact) mass is 537 g/mol. The van der Waals surface area contributed by atoms with Crippen LogP contribution >= 0.6 is 23.2 Å². The van der Waals surface area contributed by atoms with E-state index in [0.717, 1.165) is 11.1 Å². The van der Waals surface area contributed by atoms with Gasteiger partial charge in [0.05, 0.1) is 16.7 Å². The molecule has 2 N–H and O–H groups in total. The molecule has 0 aliphatic heterocycles. The molecular formula is C28H25Cl2N3O4. The Hall–Kier alpha value is -3.99. The van der Waals surface area contributed by atoms with Gasteiger partial charge in [0.2, 0.25) is 0 Å². The SMILES string of the molecule is CCOc1cc(/C=C(/C#N)C(=O)Nc2cccc(C)c2C)ccc1OCC(=O)Nc1ccc(Cl)c(Cl)c1. The van der Waals surface area contributed by atoms with Gasteiger partial charge >= 0.3 is 0 Å². The number of hydrogen-bond acceptors (Lipinski definition) is 5. The number of nitrogens with zero attached hydrogens (tertiary/aromatic N) is 1. The molecule has 0 fully saturated rings. The second kappa shape index (κ2) is 12.8. The summed E-state index contributed by atoms with van der Waals surface area (Å²) in [7, 11) is 0. The Kier molecular flexibility index (Phi) is 9.56. The number of nitrogens with one attached hydrogen (secondary N) is 2. The molecule has 190 valence electrons. The molecule has 0 spiro atoms. The van der Waals surface area contributed by atoms with Gasteiger partial charge in [0, 0.05) is 11.4 Å². The number of ether oxygens (including phenoxy) is 2. The third kappa shape index (κ3) is 7.50. The molecule has 0 atom stereocenters. The zero-order valence-electron chi connectivity index (χ0n) is 20.5. The molecular weight excluding hydrogens is 513 g/mol. The molecule has 0 aromatic heterocycles. The van der Waals surface area contributed by atoms with E-state index in [9.17, 15) is 14.9 Å². The maximum atomic E-state index is 12.7. The predicted molar refractivity (Wildman–Crippen MR) is 146 cm³/mol. The van der Waals surface area contributed by atoms with Crippen molar-refractivity contribution in [3.63, 3.8) is 0 Å². The van der Waals surface area contributed by atoms with E-state index in [1.54, 1.807) is 36.4 Å². The minimum absolute atomic E-state index is 0.0713. The molecule has 9 heteroatoms. The van der Waals surface area contributed by atoms with Crippen molar-refractivity contribution in [3.8, 4) is 17.6 Å². The van der Waals surface area contributed by atoms with Crippen molar-refractivity contribution in [2.45, 2.75) is 20.8 Å². The molecule has 0 unspecified atom stereocenters. The highest BCUT2D eigenvalue weighted by Crippen LogP contribution is 2.30. The number of nitriles is 1. The summed E-state index contributed by atoms with van der Waals surface area (Å²) < 4.78 is 11.3. The molecule has 7 nitrogen and oxygen atoms in total. The van der Waals surface area contributed by atoms with Crippen molar-refractivity contribution in [3.05, 3.63) is 86.9 Å². The third-order valence-corrected chi connectivity index (χ3v) is 6.10. The molecule has 0 saturated heterocycles. The van der Waals surface area contributed by atoms with Crippen LogP contribution in [-0.2, 0) is 9.59 Å². The summed E-state index contributed by atoms with van der Waals surface area (Å²) in [5.74, 6) is -0.222. The van der Waals surface area contributed by atoms with Crippen LogP contribution in [0.25, 0.3) is 6.08 Å². The van der Waals surface area contributed by atoms with Gasteiger partial charge in [0.25, 0.3) is 11.8 Å². The van der Waals surface area contributed by atoms with Crippen molar-refractivity contribution in [1.29, 1.82) is 5.26 Å². The highest BCUT2D eigenvalue weighted by atomic mass is 35.5. The smallest absolute Gasteiger partial charge is 0.266 e. The Morgan fingerprint density at radius 2 is 1.76 bits per heavy atom. The van der Waals surface area contributed by atoms with Gasteiger partial charge in [0.1, 0.15) is 11.6 Å². The first-order valence-electron chi connectivity index (χ1n) is 11.4. The van der Waals surface area contributed by atoms with Crippen molar-refractivity contribution < 1.29 is 19.1 Å². The fraction of sp³-hybridized carbons (Fsp3) is 0.179. The number of hydrogen-bond donors (Lipinski definition) is 2. The van der Waals surface area contributed by atoms with Crippen LogP contribution in [-0.4, -0.2) is 25.0 Å². The first kappa shape index (κ1) is 27.6. The number of anilines is 2.